The van der Waals surface area contributed by atoms with E-state index in [-0.39, 0.29) is 23.8 Å². The minimum absolute atomic E-state index is 0.0167. The second-order valence-corrected chi connectivity index (χ2v) is 7.13. The van der Waals surface area contributed by atoms with Crippen molar-refractivity contribution in [3.63, 3.8) is 0 Å². The van der Waals surface area contributed by atoms with Crippen molar-refractivity contribution in [2.24, 2.45) is 11.8 Å². The highest BCUT2D eigenvalue weighted by Crippen LogP contribution is 2.35. The van der Waals surface area contributed by atoms with Gasteiger partial charge in [-0.2, -0.15) is 0 Å². The first-order chi connectivity index (χ1) is 11.7. The molecule has 1 amide bonds. The minimum Gasteiger partial charge on any atom is -0.465 e. The molecular formula is C18H26N2O4. The van der Waals surface area contributed by atoms with Crippen LogP contribution in [0.5, 0.6) is 0 Å². The molecule has 0 radical (unpaired) electrons. The van der Waals surface area contributed by atoms with Crippen molar-refractivity contribution in [3.05, 3.63) is 23.7 Å². The second kappa shape index (κ2) is 6.86. The van der Waals surface area contributed by atoms with Crippen LogP contribution in [-0.4, -0.2) is 54.8 Å². The average Bonchev–Trinajstić information content (AvgIpc) is 3.25. The Morgan fingerprint density at radius 3 is 2.92 bits per heavy atom. The number of aryl methyl sites for hydroxylation is 1. The van der Waals surface area contributed by atoms with Crippen LogP contribution in [0.1, 0.15) is 30.8 Å². The van der Waals surface area contributed by atoms with Gasteiger partial charge in [-0.25, -0.2) is 5.06 Å². The van der Waals surface area contributed by atoms with Crippen molar-refractivity contribution in [1.82, 2.24) is 9.96 Å². The second-order valence-electron chi connectivity index (χ2n) is 7.13. The van der Waals surface area contributed by atoms with Gasteiger partial charge in [0.1, 0.15) is 11.5 Å². The Bertz CT molecular complexity index is 581. The lowest BCUT2D eigenvalue weighted by molar-refractivity contribution is -0.185. The van der Waals surface area contributed by atoms with E-state index in [2.05, 4.69) is 4.90 Å². The lowest BCUT2D eigenvalue weighted by Crippen LogP contribution is -2.53. The number of carbonyl (C=O) groups excluding carboxylic acids is 1. The van der Waals surface area contributed by atoms with Crippen LogP contribution in [0.15, 0.2) is 16.5 Å². The Balaban J connectivity index is 1.43. The molecule has 0 spiro atoms. The van der Waals surface area contributed by atoms with Crippen LogP contribution < -0.4 is 0 Å². The molecule has 0 saturated carbocycles. The Hall–Kier alpha value is -1.37. The quantitative estimate of drug-likeness (QED) is 0.846. The number of piperidine rings is 1. The molecule has 3 aliphatic heterocycles. The first-order valence-electron chi connectivity index (χ1n) is 9.04. The molecule has 3 saturated heterocycles. The number of likely N-dealkylation sites (tertiary alicyclic amines) is 1. The number of fused-ring (bicyclic) bond motifs is 1. The maximum Gasteiger partial charge on any atom is 0.249 e. The van der Waals surface area contributed by atoms with E-state index in [4.69, 9.17) is 14.0 Å². The largest absolute Gasteiger partial charge is 0.465 e. The summed E-state index contributed by atoms with van der Waals surface area (Å²) in [4.78, 5) is 20.7. The number of carbonyl (C=O) groups is 1. The van der Waals surface area contributed by atoms with Crippen LogP contribution >= 0.6 is 0 Å². The number of furan rings is 1. The summed E-state index contributed by atoms with van der Waals surface area (Å²) in [6.07, 6.45) is 2.92. The van der Waals surface area contributed by atoms with E-state index >= 15 is 0 Å². The summed E-state index contributed by atoms with van der Waals surface area (Å²) < 4.78 is 11.7. The molecule has 132 valence electrons. The fraction of sp³-hybridized carbons (Fsp3) is 0.722. The third-order valence-corrected chi connectivity index (χ3v) is 5.45. The smallest absolute Gasteiger partial charge is 0.249 e. The molecule has 6 heteroatoms. The van der Waals surface area contributed by atoms with Crippen molar-refractivity contribution >= 4 is 5.91 Å². The molecule has 1 aromatic rings. The number of hydrogen-bond donors (Lipinski definition) is 0. The van der Waals surface area contributed by atoms with E-state index in [0.29, 0.717) is 13.2 Å². The summed E-state index contributed by atoms with van der Waals surface area (Å²) in [5.41, 5.74) is 0. The van der Waals surface area contributed by atoms with E-state index in [0.717, 1.165) is 57.0 Å². The predicted octanol–water partition coefficient (Wildman–Crippen LogP) is 1.98. The van der Waals surface area contributed by atoms with Gasteiger partial charge in [0.25, 0.3) is 0 Å². The number of hydroxylamine groups is 2. The van der Waals surface area contributed by atoms with Gasteiger partial charge in [-0.05, 0) is 38.3 Å². The Labute approximate surface area is 142 Å². The maximum atomic E-state index is 12.8. The highest BCUT2D eigenvalue weighted by atomic mass is 16.7. The molecule has 0 unspecified atom stereocenters. The number of nitrogens with zero attached hydrogens (tertiary/aromatic N) is 2. The Kier molecular flexibility index (Phi) is 4.61. The van der Waals surface area contributed by atoms with Gasteiger partial charge >= 0.3 is 0 Å². The molecule has 0 bridgehead atoms. The SMILES string of the molecule is Cc1ccc(CN2CC[C@H]3OCC[C@@H](C(=O)N4CCCO4)[C@H]3C2)o1. The van der Waals surface area contributed by atoms with Crippen LogP contribution in [0.3, 0.4) is 0 Å². The van der Waals surface area contributed by atoms with Crippen molar-refractivity contribution in [3.8, 4) is 0 Å². The van der Waals surface area contributed by atoms with Gasteiger partial charge in [-0.1, -0.05) is 0 Å². The molecule has 4 rings (SSSR count). The van der Waals surface area contributed by atoms with E-state index in [9.17, 15) is 4.79 Å². The molecule has 0 aliphatic carbocycles. The van der Waals surface area contributed by atoms with Crippen LogP contribution in [0, 0.1) is 18.8 Å². The molecule has 4 heterocycles. The Morgan fingerprint density at radius 2 is 2.17 bits per heavy atom. The first kappa shape index (κ1) is 16.1. The van der Waals surface area contributed by atoms with Crippen LogP contribution in [-0.2, 0) is 20.9 Å². The van der Waals surface area contributed by atoms with Gasteiger partial charge in [-0.15, -0.1) is 0 Å². The predicted molar refractivity (Wildman–Crippen MR) is 87.0 cm³/mol. The van der Waals surface area contributed by atoms with Crippen molar-refractivity contribution in [1.29, 1.82) is 0 Å². The maximum absolute atomic E-state index is 12.8. The van der Waals surface area contributed by atoms with E-state index < -0.39 is 0 Å². The molecule has 6 nitrogen and oxygen atoms in total. The summed E-state index contributed by atoms with van der Waals surface area (Å²) in [5.74, 6) is 2.36. The lowest BCUT2D eigenvalue weighted by Gasteiger charge is -2.44. The average molecular weight is 334 g/mol. The highest BCUT2D eigenvalue weighted by molar-refractivity contribution is 5.78. The Morgan fingerprint density at radius 1 is 1.25 bits per heavy atom. The highest BCUT2D eigenvalue weighted by Gasteiger charge is 2.43. The summed E-state index contributed by atoms with van der Waals surface area (Å²) in [7, 11) is 0. The van der Waals surface area contributed by atoms with Gasteiger partial charge in [-0.3, -0.25) is 14.5 Å². The lowest BCUT2D eigenvalue weighted by atomic mass is 9.79. The standard InChI is InChI=1S/C18H26N2O4/c1-13-3-4-14(24-13)11-19-8-5-17-16(12-19)15(6-10-22-17)18(21)20-7-2-9-23-20/h3-4,15-17H,2,5-12H2,1H3/t15-,16-,17-/m1/s1. The number of hydrogen-bond acceptors (Lipinski definition) is 5. The molecule has 1 aromatic heterocycles. The van der Waals surface area contributed by atoms with Crippen molar-refractivity contribution < 1.29 is 18.8 Å². The zero-order chi connectivity index (χ0) is 16.5. The van der Waals surface area contributed by atoms with Crippen LogP contribution in [0.25, 0.3) is 0 Å². The fourth-order valence-corrected chi connectivity index (χ4v) is 4.23. The summed E-state index contributed by atoms with van der Waals surface area (Å²) in [5, 5.41) is 1.59. The number of rotatable bonds is 3. The zero-order valence-corrected chi connectivity index (χ0v) is 14.3. The van der Waals surface area contributed by atoms with Gasteiger partial charge in [0.15, 0.2) is 0 Å². The van der Waals surface area contributed by atoms with E-state index in [1.807, 2.05) is 19.1 Å². The van der Waals surface area contributed by atoms with Gasteiger partial charge in [0.05, 0.1) is 25.8 Å². The summed E-state index contributed by atoms with van der Waals surface area (Å²) >= 11 is 0. The van der Waals surface area contributed by atoms with Crippen molar-refractivity contribution in [2.45, 2.75) is 38.8 Å². The monoisotopic (exact) mass is 334 g/mol. The van der Waals surface area contributed by atoms with Crippen LogP contribution in [0.4, 0.5) is 0 Å². The molecule has 3 atom stereocenters. The molecule has 3 aliphatic rings. The van der Waals surface area contributed by atoms with E-state index in [1.54, 1.807) is 5.06 Å². The topological polar surface area (TPSA) is 55.2 Å². The molecular weight excluding hydrogens is 308 g/mol. The van der Waals surface area contributed by atoms with Gasteiger partial charge < -0.3 is 9.15 Å². The number of ether oxygens (including phenoxy) is 1. The van der Waals surface area contributed by atoms with Gasteiger partial charge in [0, 0.05) is 31.5 Å². The zero-order valence-electron chi connectivity index (χ0n) is 14.3. The summed E-state index contributed by atoms with van der Waals surface area (Å²) in [6.45, 7) is 6.71. The van der Waals surface area contributed by atoms with Crippen molar-refractivity contribution in [2.75, 3.05) is 32.8 Å². The molecule has 0 aromatic carbocycles. The van der Waals surface area contributed by atoms with Crippen LogP contribution in [0.2, 0.25) is 0 Å². The fourth-order valence-electron chi connectivity index (χ4n) is 4.23. The molecule has 3 fully saturated rings. The molecule has 0 N–H and O–H groups in total. The van der Waals surface area contributed by atoms with E-state index in [1.165, 1.54) is 0 Å². The summed E-state index contributed by atoms with van der Waals surface area (Å²) in [6, 6.07) is 4.04. The minimum atomic E-state index is 0.0167. The first-order valence-corrected chi connectivity index (χ1v) is 9.04. The third kappa shape index (κ3) is 3.23. The molecule has 24 heavy (non-hydrogen) atoms. The third-order valence-electron chi connectivity index (χ3n) is 5.45. The number of amides is 1. The van der Waals surface area contributed by atoms with Gasteiger partial charge in [0.2, 0.25) is 5.91 Å². The normalized spacial score (nSPS) is 31.2.